The molecule has 1 heterocycles. The second-order valence-electron chi connectivity index (χ2n) is 8.42. The average molecular weight is 435 g/mol. The van der Waals surface area contributed by atoms with Crippen molar-refractivity contribution < 1.29 is 19.1 Å². The van der Waals surface area contributed by atoms with Crippen molar-refractivity contribution in [1.82, 2.24) is 10.2 Å². The number of hydrogen-bond acceptors (Lipinski definition) is 4. The number of ether oxygens (including phenoxy) is 2. The van der Waals surface area contributed by atoms with E-state index in [2.05, 4.69) is 5.32 Å². The Morgan fingerprint density at radius 2 is 1.88 bits per heavy atom. The molecule has 0 aromatic heterocycles. The zero-order chi connectivity index (χ0) is 22.5. The number of carbonyl (C=O) groups excluding carboxylic acids is 2. The highest BCUT2D eigenvalue weighted by Crippen LogP contribution is 2.33. The Balaban J connectivity index is 1.51. The van der Waals surface area contributed by atoms with Gasteiger partial charge in [0.1, 0.15) is 18.4 Å². The molecule has 2 amide bonds. The molecular formula is C26H30N2O4. The van der Waals surface area contributed by atoms with Crippen LogP contribution in [0.4, 0.5) is 0 Å². The molecule has 1 N–H and O–H groups in total. The number of morpholine rings is 1. The lowest BCUT2D eigenvalue weighted by Gasteiger charge is -2.44. The molecule has 0 radical (unpaired) electrons. The van der Waals surface area contributed by atoms with Gasteiger partial charge in [-0.3, -0.25) is 9.59 Å². The van der Waals surface area contributed by atoms with Crippen LogP contribution < -0.4 is 10.1 Å². The second-order valence-corrected chi connectivity index (χ2v) is 8.42. The predicted molar refractivity (Wildman–Crippen MR) is 123 cm³/mol. The van der Waals surface area contributed by atoms with Gasteiger partial charge in [-0.2, -0.15) is 0 Å². The number of fused-ring (bicyclic) bond motifs is 1. The van der Waals surface area contributed by atoms with Crippen molar-refractivity contribution in [1.29, 1.82) is 0 Å². The quantitative estimate of drug-likeness (QED) is 0.696. The Morgan fingerprint density at radius 3 is 2.59 bits per heavy atom. The van der Waals surface area contributed by atoms with E-state index in [0.717, 1.165) is 42.6 Å². The van der Waals surface area contributed by atoms with Crippen LogP contribution in [0.25, 0.3) is 6.08 Å². The summed E-state index contributed by atoms with van der Waals surface area (Å²) in [6.45, 7) is 1.98. The number of benzene rings is 2. The molecule has 1 aliphatic carbocycles. The molecule has 2 fully saturated rings. The van der Waals surface area contributed by atoms with E-state index < -0.39 is 0 Å². The van der Waals surface area contributed by atoms with Gasteiger partial charge >= 0.3 is 0 Å². The third kappa shape index (κ3) is 4.96. The van der Waals surface area contributed by atoms with Gasteiger partial charge in [0.05, 0.1) is 19.2 Å². The van der Waals surface area contributed by atoms with Crippen molar-refractivity contribution in [2.45, 2.75) is 50.8 Å². The first-order valence-corrected chi connectivity index (χ1v) is 11.2. The Hall–Kier alpha value is -3.28. The van der Waals surface area contributed by atoms with Crippen LogP contribution >= 0.6 is 0 Å². The number of carbonyl (C=O) groups is 2. The van der Waals surface area contributed by atoms with Gasteiger partial charge in [-0.05, 0) is 55.5 Å². The van der Waals surface area contributed by atoms with Crippen LogP contribution in [-0.4, -0.2) is 42.5 Å². The lowest BCUT2D eigenvalue weighted by atomic mass is 9.89. The number of rotatable bonds is 6. The van der Waals surface area contributed by atoms with E-state index >= 15 is 0 Å². The number of nitrogens with one attached hydrogen (secondary N) is 1. The predicted octanol–water partition coefficient (Wildman–Crippen LogP) is 4.08. The van der Waals surface area contributed by atoms with Crippen molar-refractivity contribution >= 4 is 17.9 Å². The molecule has 1 saturated carbocycles. The summed E-state index contributed by atoms with van der Waals surface area (Å²) in [7, 11) is 1.62. The standard InChI is InChI=1S/C26H30N2O4/c1-18(20-8-4-3-5-9-20)27-25(29)17-28-22-10-6-7-11-23(22)32-24(26(28)30)16-19-12-14-21(31-2)15-13-19/h3-5,8-9,12-16,18,22-23H,6-7,10-11,17H2,1-2H3,(H,27,29)/b24-16-. The van der Waals surface area contributed by atoms with E-state index in [1.807, 2.05) is 61.5 Å². The molecule has 4 rings (SSSR count). The molecule has 2 aromatic carbocycles. The van der Waals surface area contributed by atoms with Gasteiger partial charge in [0, 0.05) is 0 Å². The van der Waals surface area contributed by atoms with E-state index in [0.29, 0.717) is 5.76 Å². The molecule has 1 saturated heterocycles. The topological polar surface area (TPSA) is 67.9 Å². The molecule has 3 atom stereocenters. The van der Waals surface area contributed by atoms with Crippen LogP contribution in [0.3, 0.4) is 0 Å². The van der Waals surface area contributed by atoms with Gasteiger partial charge in [0.25, 0.3) is 5.91 Å². The fourth-order valence-electron chi connectivity index (χ4n) is 4.48. The number of amides is 2. The van der Waals surface area contributed by atoms with Crippen LogP contribution in [-0.2, 0) is 14.3 Å². The summed E-state index contributed by atoms with van der Waals surface area (Å²) in [4.78, 5) is 27.9. The van der Waals surface area contributed by atoms with Gasteiger partial charge < -0.3 is 19.7 Å². The molecule has 168 valence electrons. The Kier molecular flexibility index (Phi) is 6.78. The molecule has 6 nitrogen and oxygen atoms in total. The molecule has 0 bridgehead atoms. The van der Waals surface area contributed by atoms with Crippen molar-refractivity contribution in [3.63, 3.8) is 0 Å². The first kappa shape index (κ1) is 21.9. The Bertz CT molecular complexity index is 971. The van der Waals surface area contributed by atoms with E-state index in [1.165, 1.54) is 0 Å². The van der Waals surface area contributed by atoms with Gasteiger partial charge in [-0.25, -0.2) is 0 Å². The number of nitrogens with zero attached hydrogens (tertiary/aromatic N) is 1. The smallest absolute Gasteiger partial charge is 0.289 e. The minimum absolute atomic E-state index is 0.0283. The molecule has 6 heteroatoms. The van der Waals surface area contributed by atoms with Crippen molar-refractivity contribution in [3.05, 3.63) is 71.5 Å². The molecular weight excluding hydrogens is 404 g/mol. The van der Waals surface area contributed by atoms with Crippen LogP contribution in [0, 0.1) is 0 Å². The summed E-state index contributed by atoms with van der Waals surface area (Å²) in [5, 5.41) is 3.03. The normalized spacial score (nSPS) is 22.6. The highest BCUT2D eigenvalue weighted by molar-refractivity contribution is 5.98. The van der Waals surface area contributed by atoms with Crippen molar-refractivity contribution in [2.75, 3.05) is 13.7 Å². The summed E-state index contributed by atoms with van der Waals surface area (Å²) in [5.74, 6) is 0.652. The maximum Gasteiger partial charge on any atom is 0.289 e. The van der Waals surface area contributed by atoms with Crippen LogP contribution in [0.15, 0.2) is 60.4 Å². The molecule has 0 spiro atoms. The minimum Gasteiger partial charge on any atom is -0.497 e. The van der Waals surface area contributed by atoms with Gasteiger partial charge in [-0.15, -0.1) is 0 Å². The fraction of sp³-hybridized carbons (Fsp3) is 0.385. The Labute approximate surface area is 189 Å². The summed E-state index contributed by atoms with van der Waals surface area (Å²) in [6.07, 6.45) is 5.52. The molecule has 1 aliphatic heterocycles. The highest BCUT2D eigenvalue weighted by Gasteiger charge is 2.42. The maximum atomic E-state index is 13.3. The molecule has 32 heavy (non-hydrogen) atoms. The lowest BCUT2D eigenvalue weighted by molar-refractivity contribution is -0.152. The summed E-state index contributed by atoms with van der Waals surface area (Å²) in [6, 6.07) is 17.1. The second kappa shape index (κ2) is 9.90. The van der Waals surface area contributed by atoms with Gasteiger partial charge in [0.15, 0.2) is 5.76 Å². The molecule has 3 unspecified atom stereocenters. The summed E-state index contributed by atoms with van der Waals surface area (Å²) < 4.78 is 11.3. The third-order valence-electron chi connectivity index (χ3n) is 6.22. The average Bonchev–Trinajstić information content (AvgIpc) is 2.82. The number of hydrogen-bond donors (Lipinski definition) is 1. The van der Waals surface area contributed by atoms with Crippen LogP contribution in [0.1, 0.15) is 49.8 Å². The van der Waals surface area contributed by atoms with Crippen LogP contribution in [0.2, 0.25) is 0 Å². The first-order valence-electron chi connectivity index (χ1n) is 11.2. The molecule has 2 aliphatic rings. The maximum absolute atomic E-state index is 13.3. The van der Waals surface area contributed by atoms with E-state index in [9.17, 15) is 9.59 Å². The summed E-state index contributed by atoms with van der Waals surface area (Å²) >= 11 is 0. The van der Waals surface area contributed by atoms with E-state index in [4.69, 9.17) is 9.47 Å². The van der Waals surface area contributed by atoms with E-state index in [1.54, 1.807) is 18.1 Å². The SMILES string of the molecule is COc1ccc(/C=C2\OC3CCCCC3N(CC(=O)NC(C)c3ccccc3)C2=O)cc1. The Morgan fingerprint density at radius 1 is 1.16 bits per heavy atom. The van der Waals surface area contributed by atoms with E-state index in [-0.39, 0.29) is 36.5 Å². The van der Waals surface area contributed by atoms with Crippen LogP contribution in [0.5, 0.6) is 5.75 Å². The van der Waals surface area contributed by atoms with Crippen molar-refractivity contribution in [2.24, 2.45) is 0 Å². The first-order chi connectivity index (χ1) is 15.5. The van der Waals surface area contributed by atoms with Gasteiger partial charge in [0.2, 0.25) is 5.91 Å². The zero-order valence-electron chi connectivity index (χ0n) is 18.6. The highest BCUT2D eigenvalue weighted by atomic mass is 16.5. The third-order valence-corrected chi connectivity index (χ3v) is 6.22. The minimum atomic E-state index is -0.230. The summed E-state index contributed by atoms with van der Waals surface area (Å²) in [5.41, 5.74) is 1.88. The largest absolute Gasteiger partial charge is 0.497 e. The zero-order valence-corrected chi connectivity index (χ0v) is 18.6. The fourth-order valence-corrected chi connectivity index (χ4v) is 4.48. The number of methoxy groups -OCH3 is 1. The lowest BCUT2D eigenvalue weighted by Crippen LogP contribution is -2.57. The monoisotopic (exact) mass is 434 g/mol. The molecule has 2 aromatic rings. The van der Waals surface area contributed by atoms with Gasteiger partial charge in [-0.1, -0.05) is 48.9 Å². The van der Waals surface area contributed by atoms with Crippen molar-refractivity contribution in [3.8, 4) is 5.75 Å².